The Bertz CT molecular complexity index is 1190. The largest absolute Gasteiger partial charge is 0.497 e. The van der Waals surface area contributed by atoms with E-state index in [-0.39, 0.29) is 11.7 Å². The van der Waals surface area contributed by atoms with Crippen LogP contribution in [0.1, 0.15) is 5.56 Å². The van der Waals surface area contributed by atoms with Gasteiger partial charge in [0.25, 0.3) is 11.1 Å². The molecule has 0 saturated heterocycles. The molecule has 0 bridgehead atoms. The summed E-state index contributed by atoms with van der Waals surface area (Å²) in [5, 5.41) is 12.5. The molecule has 2 N–H and O–H groups in total. The molecule has 0 aliphatic rings. The number of benzene rings is 2. The number of hydrogen-bond donors (Lipinski definition) is 2. The first kappa shape index (κ1) is 20.8. The topological polar surface area (TPSA) is 102 Å². The summed E-state index contributed by atoms with van der Waals surface area (Å²) in [7, 11) is 3.15. The number of aromatic amines is 1. The quantitative estimate of drug-likeness (QED) is 0.384. The summed E-state index contributed by atoms with van der Waals surface area (Å²) in [6, 6.07) is 13.4. The summed E-state index contributed by atoms with van der Waals surface area (Å²) in [4.78, 5) is 15.4. The molecule has 160 valence electrons. The third-order valence-electron chi connectivity index (χ3n) is 4.76. The van der Waals surface area contributed by atoms with E-state index in [2.05, 4.69) is 26.6 Å². The monoisotopic (exact) mass is 438 g/mol. The number of H-pyrrole nitrogens is 1. The van der Waals surface area contributed by atoms with Gasteiger partial charge >= 0.3 is 0 Å². The van der Waals surface area contributed by atoms with Crippen LogP contribution in [0.15, 0.2) is 58.3 Å². The fourth-order valence-corrected chi connectivity index (χ4v) is 3.80. The van der Waals surface area contributed by atoms with Crippen molar-refractivity contribution in [2.24, 2.45) is 0 Å². The zero-order valence-electron chi connectivity index (χ0n) is 17.2. The number of rotatable bonds is 9. The molecule has 0 radical (unpaired) electrons. The molecule has 0 unspecified atom stereocenters. The second-order valence-corrected chi connectivity index (χ2v) is 7.61. The van der Waals surface area contributed by atoms with E-state index in [9.17, 15) is 4.79 Å². The summed E-state index contributed by atoms with van der Waals surface area (Å²) >= 11 is 1.19. The Morgan fingerprint density at radius 3 is 2.87 bits per heavy atom. The van der Waals surface area contributed by atoms with Crippen LogP contribution in [0.25, 0.3) is 22.4 Å². The molecule has 2 heterocycles. The molecule has 9 heteroatoms. The summed E-state index contributed by atoms with van der Waals surface area (Å²) in [6.07, 6.45) is 2.74. The Morgan fingerprint density at radius 1 is 1.16 bits per heavy atom. The minimum atomic E-state index is -0.0911. The lowest BCUT2D eigenvalue weighted by Gasteiger charge is -2.07. The summed E-state index contributed by atoms with van der Waals surface area (Å²) < 4.78 is 16.3. The number of carbonyl (C=O) groups is 1. The normalized spacial score (nSPS) is 10.9. The molecule has 4 aromatic rings. The van der Waals surface area contributed by atoms with Crippen molar-refractivity contribution in [3.63, 3.8) is 0 Å². The number of ether oxygens (including phenoxy) is 2. The molecule has 1 amide bonds. The zero-order chi connectivity index (χ0) is 21.6. The minimum Gasteiger partial charge on any atom is -0.497 e. The van der Waals surface area contributed by atoms with E-state index in [0.717, 1.165) is 11.9 Å². The number of aromatic nitrogens is 3. The number of thioether (sulfide) groups is 1. The van der Waals surface area contributed by atoms with E-state index in [1.165, 1.54) is 22.7 Å². The van der Waals surface area contributed by atoms with Gasteiger partial charge in [0, 0.05) is 29.7 Å². The van der Waals surface area contributed by atoms with Crippen molar-refractivity contribution in [3.8, 4) is 23.0 Å². The first-order valence-corrected chi connectivity index (χ1v) is 10.7. The Morgan fingerprint density at radius 2 is 2.03 bits per heavy atom. The number of carbonyl (C=O) groups excluding carboxylic acids is 1. The van der Waals surface area contributed by atoms with Gasteiger partial charge in [-0.1, -0.05) is 30.0 Å². The fourth-order valence-electron chi connectivity index (χ4n) is 3.21. The highest BCUT2D eigenvalue weighted by atomic mass is 32.2. The fraction of sp³-hybridized carbons (Fsp3) is 0.227. The molecule has 4 rings (SSSR count). The predicted octanol–water partition coefficient (Wildman–Crippen LogP) is 3.69. The van der Waals surface area contributed by atoms with Crippen molar-refractivity contribution in [1.29, 1.82) is 0 Å². The van der Waals surface area contributed by atoms with Gasteiger partial charge in [-0.25, -0.2) is 0 Å². The van der Waals surface area contributed by atoms with Gasteiger partial charge in [-0.15, -0.1) is 10.2 Å². The van der Waals surface area contributed by atoms with Gasteiger partial charge in [0.15, 0.2) is 0 Å². The Balaban J connectivity index is 1.29. The highest BCUT2D eigenvalue weighted by Gasteiger charge is 2.15. The summed E-state index contributed by atoms with van der Waals surface area (Å²) in [6.45, 7) is 0.555. The molecular formula is C22H22N4O4S. The van der Waals surface area contributed by atoms with Crippen molar-refractivity contribution in [1.82, 2.24) is 20.5 Å². The third-order valence-corrected chi connectivity index (χ3v) is 5.58. The maximum absolute atomic E-state index is 12.2. The van der Waals surface area contributed by atoms with Gasteiger partial charge < -0.3 is 24.2 Å². The lowest BCUT2D eigenvalue weighted by molar-refractivity contribution is -0.118. The molecule has 0 atom stereocenters. The van der Waals surface area contributed by atoms with Crippen LogP contribution in [0, 0.1) is 0 Å². The van der Waals surface area contributed by atoms with Gasteiger partial charge in [0.05, 0.1) is 25.5 Å². The standard InChI is InChI=1S/C22H22N4O4S/c1-28-15-7-8-17(19(11-15)29-2)21-25-26-22(30-21)31-13-20(27)23-10-9-14-12-24-18-6-4-3-5-16(14)18/h3-8,11-12,24H,9-10,13H2,1-2H3,(H,23,27). The summed E-state index contributed by atoms with van der Waals surface area (Å²) in [5.41, 5.74) is 2.93. The van der Waals surface area contributed by atoms with E-state index < -0.39 is 0 Å². The number of nitrogens with zero attached hydrogens (tertiary/aromatic N) is 2. The van der Waals surface area contributed by atoms with Crippen molar-refractivity contribution < 1.29 is 18.7 Å². The van der Waals surface area contributed by atoms with Crippen LogP contribution in [-0.4, -0.2) is 47.6 Å². The molecule has 0 spiro atoms. The van der Waals surface area contributed by atoms with E-state index in [1.54, 1.807) is 32.4 Å². The molecule has 2 aromatic carbocycles. The Labute approximate surface area is 183 Å². The van der Waals surface area contributed by atoms with E-state index in [1.807, 2.05) is 24.4 Å². The van der Waals surface area contributed by atoms with Gasteiger partial charge in [-0.2, -0.15) is 0 Å². The Hall–Kier alpha value is -3.46. The first-order valence-electron chi connectivity index (χ1n) is 9.68. The average Bonchev–Trinajstić information content (AvgIpc) is 3.44. The zero-order valence-corrected chi connectivity index (χ0v) is 18.0. The van der Waals surface area contributed by atoms with Crippen LogP contribution < -0.4 is 14.8 Å². The maximum Gasteiger partial charge on any atom is 0.277 e. The van der Waals surface area contributed by atoms with Gasteiger partial charge in [-0.05, 0) is 30.2 Å². The van der Waals surface area contributed by atoms with Crippen LogP contribution in [0.3, 0.4) is 0 Å². The van der Waals surface area contributed by atoms with Crippen molar-refractivity contribution in [2.45, 2.75) is 11.6 Å². The third kappa shape index (κ3) is 4.83. The van der Waals surface area contributed by atoms with E-state index in [0.29, 0.717) is 34.7 Å². The number of nitrogens with one attached hydrogen (secondary N) is 2. The lowest BCUT2D eigenvalue weighted by atomic mass is 10.1. The number of methoxy groups -OCH3 is 2. The second kappa shape index (κ2) is 9.57. The second-order valence-electron chi connectivity index (χ2n) is 6.69. The minimum absolute atomic E-state index is 0.0911. The number of fused-ring (bicyclic) bond motifs is 1. The highest BCUT2D eigenvalue weighted by Crippen LogP contribution is 2.33. The predicted molar refractivity (Wildman–Crippen MR) is 119 cm³/mol. The lowest BCUT2D eigenvalue weighted by Crippen LogP contribution is -2.27. The first-order chi connectivity index (χ1) is 15.2. The number of para-hydroxylation sites is 1. The molecule has 2 aromatic heterocycles. The van der Waals surface area contributed by atoms with Gasteiger partial charge in [0.1, 0.15) is 11.5 Å². The van der Waals surface area contributed by atoms with Gasteiger partial charge in [-0.3, -0.25) is 4.79 Å². The smallest absolute Gasteiger partial charge is 0.277 e. The van der Waals surface area contributed by atoms with Crippen LogP contribution in [0.4, 0.5) is 0 Å². The highest BCUT2D eigenvalue weighted by molar-refractivity contribution is 7.99. The average molecular weight is 439 g/mol. The van der Waals surface area contributed by atoms with Gasteiger partial charge in [0.2, 0.25) is 5.91 Å². The summed E-state index contributed by atoms with van der Waals surface area (Å²) in [5.74, 6) is 1.65. The number of amides is 1. The Kier molecular flexibility index (Phi) is 6.42. The number of hydrogen-bond acceptors (Lipinski definition) is 7. The molecular weight excluding hydrogens is 416 g/mol. The van der Waals surface area contributed by atoms with E-state index in [4.69, 9.17) is 13.9 Å². The molecule has 0 saturated carbocycles. The molecule has 8 nitrogen and oxygen atoms in total. The molecule has 31 heavy (non-hydrogen) atoms. The molecule has 0 fully saturated rings. The SMILES string of the molecule is COc1ccc(-c2nnc(SCC(=O)NCCc3c[nH]c4ccccc34)o2)c(OC)c1. The molecule has 0 aliphatic carbocycles. The molecule has 0 aliphatic heterocycles. The van der Waals surface area contributed by atoms with Crippen molar-refractivity contribution >= 4 is 28.6 Å². The van der Waals surface area contributed by atoms with Crippen molar-refractivity contribution in [3.05, 3.63) is 54.2 Å². The van der Waals surface area contributed by atoms with Crippen molar-refractivity contribution in [2.75, 3.05) is 26.5 Å². The maximum atomic E-state index is 12.2. The van der Waals surface area contributed by atoms with Crippen LogP contribution in [0.5, 0.6) is 11.5 Å². The van der Waals surface area contributed by atoms with E-state index >= 15 is 0 Å². The van der Waals surface area contributed by atoms with Crippen LogP contribution >= 0.6 is 11.8 Å². The van der Waals surface area contributed by atoms with Crippen LogP contribution in [0.2, 0.25) is 0 Å². The van der Waals surface area contributed by atoms with Crippen LogP contribution in [-0.2, 0) is 11.2 Å².